The third-order valence-electron chi connectivity index (χ3n) is 6.65. The maximum Gasteiger partial charge on any atom is 0.277 e. The Morgan fingerprint density at radius 1 is 0.927 bits per heavy atom. The maximum atomic E-state index is 13.4. The van der Waals surface area contributed by atoms with Crippen LogP contribution >= 0.6 is 0 Å². The molecule has 206 valence electrons. The largest absolute Gasteiger partial charge is 0.508 e. The van der Waals surface area contributed by atoms with Crippen molar-refractivity contribution in [2.75, 3.05) is 24.7 Å². The maximum absolute atomic E-state index is 13.4. The lowest BCUT2D eigenvalue weighted by Crippen LogP contribution is -2.21. The number of rotatable bonds is 6. The Kier molecular flexibility index (Phi) is 7.22. The summed E-state index contributed by atoms with van der Waals surface area (Å²) in [6.07, 6.45) is 1.59. The van der Waals surface area contributed by atoms with E-state index < -0.39 is 0 Å². The zero-order valence-corrected chi connectivity index (χ0v) is 23.0. The summed E-state index contributed by atoms with van der Waals surface area (Å²) in [5.41, 5.74) is 4.35. The van der Waals surface area contributed by atoms with Gasteiger partial charge >= 0.3 is 0 Å². The molecule has 10 heteroatoms. The summed E-state index contributed by atoms with van der Waals surface area (Å²) >= 11 is 0. The number of phenolic OH excluding ortho intramolecular Hbond substituents is 1. The van der Waals surface area contributed by atoms with Crippen molar-refractivity contribution in [3.8, 4) is 17.0 Å². The number of aromatic hydroxyl groups is 1. The number of amides is 2. The second kappa shape index (κ2) is 10.9. The molecule has 2 amide bonds. The number of hydrogen-bond donors (Lipinski definition) is 3. The number of phenols is 1. The van der Waals surface area contributed by atoms with E-state index in [-0.39, 0.29) is 34.6 Å². The first-order valence-electron chi connectivity index (χ1n) is 12.8. The monoisotopic (exact) mass is 548 g/mol. The molecule has 0 aliphatic carbocycles. The zero-order chi connectivity index (χ0) is 29.3. The van der Waals surface area contributed by atoms with E-state index in [1.165, 1.54) is 21.6 Å². The highest BCUT2D eigenvalue weighted by Crippen LogP contribution is 2.28. The molecule has 0 bridgehead atoms. The molecule has 3 N–H and O–H groups in total. The van der Waals surface area contributed by atoms with Gasteiger partial charge in [-0.1, -0.05) is 12.1 Å². The number of aryl methyl sites for hydroxylation is 1. The van der Waals surface area contributed by atoms with Crippen LogP contribution in [0.25, 0.3) is 22.2 Å². The van der Waals surface area contributed by atoms with Crippen LogP contribution in [0.15, 0.2) is 83.8 Å². The van der Waals surface area contributed by atoms with Crippen molar-refractivity contribution in [2.24, 2.45) is 7.05 Å². The van der Waals surface area contributed by atoms with Crippen molar-refractivity contribution in [3.63, 3.8) is 0 Å². The first-order valence-corrected chi connectivity index (χ1v) is 12.8. The van der Waals surface area contributed by atoms with Crippen molar-refractivity contribution in [3.05, 3.63) is 106 Å². The van der Waals surface area contributed by atoms with E-state index in [1.807, 2.05) is 19.1 Å². The van der Waals surface area contributed by atoms with Crippen LogP contribution in [-0.2, 0) is 7.05 Å². The Hall–Kier alpha value is -5.51. The van der Waals surface area contributed by atoms with Crippen LogP contribution in [0.4, 0.5) is 17.3 Å². The Labute approximate surface area is 235 Å². The number of aromatic nitrogens is 3. The van der Waals surface area contributed by atoms with Crippen LogP contribution in [0.3, 0.4) is 0 Å². The molecule has 2 aromatic heterocycles. The summed E-state index contributed by atoms with van der Waals surface area (Å²) in [7, 11) is 5.06. The van der Waals surface area contributed by atoms with Crippen LogP contribution in [0.5, 0.6) is 5.75 Å². The Balaban J connectivity index is 1.44. The third-order valence-corrected chi connectivity index (χ3v) is 6.65. The van der Waals surface area contributed by atoms with E-state index in [4.69, 9.17) is 0 Å². The minimum absolute atomic E-state index is 0.00313. The van der Waals surface area contributed by atoms with E-state index in [0.717, 1.165) is 11.1 Å². The van der Waals surface area contributed by atoms with Gasteiger partial charge in [-0.15, -0.1) is 0 Å². The average molecular weight is 549 g/mol. The molecule has 0 saturated heterocycles. The quantitative estimate of drug-likeness (QED) is 0.280. The van der Waals surface area contributed by atoms with Crippen LogP contribution in [0.1, 0.15) is 26.3 Å². The van der Waals surface area contributed by atoms with Gasteiger partial charge in [0.25, 0.3) is 17.4 Å². The predicted octanol–water partition coefficient (Wildman–Crippen LogP) is 4.71. The minimum atomic E-state index is -0.365. The Morgan fingerprint density at radius 3 is 2.37 bits per heavy atom. The summed E-state index contributed by atoms with van der Waals surface area (Å²) in [5.74, 6) is -0.210. The van der Waals surface area contributed by atoms with E-state index in [2.05, 4.69) is 20.6 Å². The van der Waals surface area contributed by atoms with E-state index >= 15 is 0 Å². The van der Waals surface area contributed by atoms with Crippen molar-refractivity contribution < 1.29 is 14.7 Å². The minimum Gasteiger partial charge on any atom is -0.508 e. The van der Waals surface area contributed by atoms with Gasteiger partial charge in [-0.05, 0) is 73.2 Å². The highest BCUT2D eigenvalue weighted by molar-refractivity contribution is 6.04. The highest BCUT2D eigenvalue weighted by Gasteiger charge is 2.15. The number of pyridine rings is 1. The lowest BCUT2D eigenvalue weighted by molar-refractivity contribution is 0.0827. The van der Waals surface area contributed by atoms with Gasteiger partial charge in [0.15, 0.2) is 0 Å². The fraction of sp³-hybridized carbons (Fsp3) is 0.129. The molecular formula is C31H28N6O4. The van der Waals surface area contributed by atoms with Gasteiger partial charge in [0, 0.05) is 60.8 Å². The topological polar surface area (TPSA) is 129 Å². The molecule has 0 atom stereocenters. The van der Waals surface area contributed by atoms with Crippen LogP contribution in [0.2, 0.25) is 0 Å². The molecule has 0 fully saturated rings. The van der Waals surface area contributed by atoms with Crippen molar-refractivity contribution in [2.45, 2.75) is 6.92 Å². The number of benzene rings is 3. The Bertz CT molecular complexity index is 1860. The second-order valence-electron chi connectivity index (χ2n) is 9.83. The number of nitrogens with one attached hydrogen (secondary N) is 2. The van der Waals surface area contributed by atoms with Crippen LogP contribution in [0, 0.1) is 6.92 Å². The van der Waals surface area contributed by atoms with Gasteiger partial charge in [0.1, 0.15) is 11.3 Å². The second-order valence-corrected chi connectivity index (χ2v) is 9.83. The molecule has 41 heavy (non-hydrogen) atoms. The van der Waals surface area contributed by atoms with Gasteiger partial charge in [-0.25, -0.2) is 9.97 Å². The summed E-state index contributed by atoms with van der Waals surface area (Å²) in [6, 6.07) is 20.3. The van der Waals surface area contributed by atoms with Crippen molar-refractivity contribution in [1.82, 2.24) is 19.4 Å². The summed E-state index contributed by atoms with van der Waals surface area (Å²) in [6.45, 7) is 1.92. The molecule has 0 unspecified atom stereocenters. The molecule has 0 radical (unpaired) electrons. The van der Waals surface area contributed by atoms with Gasteiger partial charge in [0.2, 0.25) is 5.95 Å². The van der Waals surface area contributed by atoms with Gasteiger partial charge in [-0.3, -0.25) is 14.4 Å². The Morgan fingerprint density at radius 2 is 1.66 bits per heavy atom. The first-order chi connectivity index (χ1) is 19.6. The van der Waals surface area contributed by atoms with Gasteiger partial charge in [0.05, 0.1) is 5.69 Å². The van der Waals surface area contributed by atoms with Crippen LogP contribution < -0.4 is 16.2 Å². The summed E-state index contributed by atoms with van der Waals surface area (Å²) in [5, 5.41) is 16.2. The number of anilines is 3. The molecule has 0 saturated carbocycles. The highest BCUT2D eigenvalue weighted by atomic mass is 16.3. The number of nitrogens with zero attached hydrogens (tertiary/aromatic N) is 4. The molecule has 0 spiro atoms. The fourth-order valence-electron chi connectivity index (χ4n) is 4.41. The molecule has 5 aromatic rings. The van der Waals surface area contributed by atoms with Crippen LogP contribution in [-0.4, -0.2) is 50.5 Å². The van der Waals surface area contributed by atoms with Gasteiger partial charge < -0.3 is 25.2 Å². The van der Waals surface area contributed by atoms with E-state index in [1.54, 1.807) is 75.9 Å². The number of carbonyl (C=O) groups excluding carboxylic acids is 2. The summed E-state index contributed by atoms with van der Waals surface area (Å²) < 4.78 is 1.52. The lowest BCUT2D eigenvalue weighted by Gasteiger charge is -2.15. The standard InChI is InChI=1S/C31H28N6O4/c1-18-8-11-23(33-28(39)20-6-5-7-24(38)14-20)16-25(18)26-15-21-17-32-31(35-27(21)30(41)37(26)4)34-22-12-9-19(10-13-22)29(40)36(2)3/h5-17,38H,1-4H3,(H,33,39)(H,32,34,35). The normalized spacial score (nSPS) is 10.8. The van der Waals surface area contributed by atoms with Crippen molar-refractivity contribution in [1.29, 1.82) is 0 Å². The first kappa shape index (κ1) is 27.1. The number of hydrogen-bond acceptors (Lipinski definition) is 7. The summed E-state index contributed by atoms with van der Waals surface area (Å²) in [4.78, 5) is 48.6. The molecule has 0 aliphatic rings. The molecule has 0 aliphatic heterocycles. The predicted molar refractivity (Wildman–Crippen MR) is 159 cm³/mol. The zero-order valence-electron chi connectivity index (χ0n) is 23.0. The third kappa shape index (κ3) is 5.62. The number of carbonyl (C=O) groups is 2. The lowest BCUT2D eigenvalue weighted by atomic mass is 10.0. The molecule has 10 nitrogen and oxygen atoms in total. The molecule has 5 rings (SSSR count). The molecule has 3 aromatic carbocycles. The van der Waals surface area contributed by atoms with Crippen molar-refractivity contribution >= 4 is 40.0 Å². The SMILES string of the molecule is Cc1ccc(NC(=O)c2cccc(O)c2)cc1-c1cc2cnc(Nc3ccc(C(=O)N(C)C)cc3)nc2c(=O)n1C. The smallest absolute Gasteiger partial charge is 0.277 e. The number of fused-ring (bicyclic) bond motifs is 1. The van der Waals surface area contributed by atoms with Gasteiger partial charge in [-0.2, -0.15) is 0 Å². The average Bonchev–Trinajstić information content (AvgIpc) is 2.96. The fourth-order valence-corrected chi connectivity index (χ4v) is 4.41. The van der Waals surface area contributed by atoms with E-state index in [9.17, 15) is 19.5 Å². The van der Waals surface area contributed by atoms with E-state index in [0.29, 0.717) is 33.6 Å². The molecular weight excluding hydrogens is 520 g/mol. The molecule has 2 heterocycles.